The fourth-order valence-corrected chi connectivity index (χ4v) is 1.75. The molecule has 0 atom stereocenters. The molecule has 0 amide bonds. The fourth-order valence-electron chi connectivity index (χ4n) is 1.75. The van der Waals surface area contributed by atoms with Gasteiger partial charge in [-0.15, -0.1) is 0 Å². The smallest absolute Gasteiger partial charge is 0.330 e. The number of ether oxygens (including phenoxy) is 2. The number of esters is 1. The molecule has 0 bridgehead atoms. The van der Waals surface area contributed by atoms with Crippen molar-refractivity contribution in [3.8, 4) is 5.75 Å². The number of carbonyl (C=O) groups excluding carboxylic acids is 1. The molecule has 0 unspecified atom stereocenters. The van der Waals surface area contributed by atoms with Crippen LogP contribution in [0.2, 0.25) is 0 Å². The minimum absolute atomic E-state index is 0.0207. The number of nitrogens with zero attached hydrogens (tertiary/aromatic N) is 1. The van der Waals surface area contributed by atoms with Crippen molar-refractivity contribution >= 4 is 17.7 Å². The Balaban J connectivity index is 1.72. The maximum absolute atomic E-state index is 12.7. The third kappa shape index (κ3) is 5.53. The maximum Gasteiger partial charge on any atom is 0.330 e. The molecule has 124 valence electrons. The van der Waals surface area contributed by atoms with E-state index in [1.165, 1.54) is 60.7 Å². The molecule has 24 heavy (non-hydrogen) atoms. The zero-order chi connectivity index (χ0) is 17.4. The van der Waals surface area contributed by atoms with Gasteiger partial charge in [0.2, 0.25) is 0 Å². The van der Waals surface area contributed by atoms with Crippen LogP contribution in [-0.4, -0.2) is 24.1 Å². The molecular weight excluding hydrogens is 317 g/mol. The lowest BCUT2D eigenvalue weighted by atomic mass is 10.2. The van der Waals surface area contributed by atoms with Crippen LogP contribution in [-0.2, 0) is 9.53 Å². The van der Waals surface area contributed by atoms with Gasteiger partial charge in [0, 0.05) is 18.2 Å². The normalized spacial score (nSPS) is 10.5. The van der Waals surface area contributed by atoms with E-state index < -0.39 is 10.9 Å². The lowest BCUT2D eigenvalue weighted by Gasteiger charge is -2.05. The topological polar surface area (TPSA) is 78.7 Å². The van der Waals surface area contributed by atoms with Gasteiger partial charge in [-0.05, 0) is 48.0 Å². The molecule has 0 spiro atoms. The molecule has 0 aliphatic heterocycles. The van der Waals surface area contributed by atoms with Crippen molar-refractivity contribution in [3.05, 3.63) is 76.1 Å². The number of nitro benzene ring substituents is 1. The Labute approximate surface area is 137 Å². The second-order valence-corrected chi connectivity index (χ2v) is 4.65. The summed E-state index contributed by atoms with van der Waals surface area (Å²) in [6, 6.07) is 11.3. The van der Waals surface area contributed by atoms with E-state index in [0.29, 0.717) is 11.3 Å². The zero-order valence-electron chi connectivity index (χ0n) is 12.6. The average Bonchev–Trinajstić information content (AvgIpc) is 2.59. The average molecular weight is 331 g/mol. The van der Waals surface area contributed by atoms with Gasteiger partial charge in [-0.2, -0.15) is 0 Å². The van der Waals surface area contributed by atoms with Crippen molar-refractivity contribution in [2.75, 3.05) is 13.2 Å². The van der Waals surface area contributed by atoms with E-state index in [4.69, 9.17) is 9.47 Å². The van der Waals surface area contributed by atoms with Crippen LogP contribution < -0.4 is 4.74 Å². The third-order valence-electron chi connectivity index (χ3n) is 2.93. The van der Waals surface area contributed by atoms with Crippen LogP contribution in [0.15, 0.2) is 54.6 Å². The van der Waals surface area contributed by atoms with Crippen LogP contribution in [0.1, 0.15) is 5.56 Å². The van der Waals surface area contributed by atoms with E-state index in [-0.39, 0.29) is 24.7 Å². The molecule has 0 saturated carbocycles. The molecule has 0 saturated heterocycles. The minimum Gasteiger partial charge on any atom is -0.490 e. The maximum atomic E-state index is 12.7. The van der Waals surface area contributed by atoms with Gasteiger partial charge in [0.25, 0.3) is 5.69 Å². The van der Waals surface area contributed by atoms with Crippen LogP contribution in [0.5, 0.6) is 5.75 Å². The van der Waals surface area contributed by atoms with E-state index in [0.717, 1.165) is 0 Å². The van der Waals surface area contributed by atoms with Gasteiger partial charge in [-0.25, -0.2) is 9.18 Å². The number of benzene rings is 2. The van der Waals surface area contributed by atoms with Crippen molar-refractivity contribution in [1.82, 2.24) is 0 Å². The summed E-state index contributed by atoms with van der Waals surface area (Å²) >= 11 is 0. The third-order valence-corrected chi connectivity index (χ3v) is 2.93. The van der Waals surface area contributed by atoms with E-state index in [1.807, 2.05) is 0 Å². The lowest BCUT2D eigenvalue weighted by molar-refractivity contribution is -0.384. The van der Waals surface area contributed by atoms with Crippen LogP contribution in [0.3, 0.4) is 0 Å². The highest BCUT2D eigenvalue weighted by atomic mass is 19.1. The highest BCUT2D eigenvalue weighted by molar-refractivity contribution is 5.87. The Morgan fingerprint density at radius 2 is 1.75 bits per heavy atom. The first-order valence-corrected chi connectivity index (χ1v) is 7.02. The van der Waals surface area contributed by atoms with Crippen LogP contribution >= 0.6 is 0 Å². The molecule has 0 fully saturated rings. The quantitative estimate of drug-likeness (QED) is 0.255. The monoisotopic (exact) mass is 331 g/mol. The Hall–Kier alpha value is -3.22. The lowest BCUT2D eigenvalue weighted by Crippen LogP contribution is -2.10. The summed E-state index contributed by atoms with van der Waals surface area (Å²) in [5, 5.41) is 10.5. The molecule has 0 aliphatic carbocycles. The summed E-state index contributed by atoms with van der Waals surface area (Å²) in [5.41, 5.74) is 0.618. The Morgan fingerprint density at radius 3 is 2.38 bits per heavy atom. The molecule has 7 heteroatoms. The molecule has 6 nitrogen and oxygen atoms in total. The van der Waals surface area contributed by atoms with Gasteiger partial charge in [0.15, 0.2) is 0 Å². The summed E-state index contributed by atoms with van der Waals surface area (Å²) in [6.07, 6.45) is 2.71. The summed E-state index contributed by atoms with van der Waals surface area (Å²) in [7, 11) is 0. The standard InChI is InChI=1S/C17H14FNO5/c18-14-4-8-16(9-5-14)23-11-12-24-17(20)10-3-13-1-6-15(7-2-13)19(21)22/h1-10H,11-12H2/b10-3-. The Bertz CT molecular complexity index is 726. The second-order valence-electron chi connectivity index (χ2n) is 4.65. The minimum atomic E-state index is -0.559. The first-order valence-electron chi connectivity index (χ1n) is 7.02. The largest absolute Gasteiger partial charge is 0.490 e. The first kappa shape index (κ1) is 17.1. The van der Waals surface area contributed by atoms with Crippen molar-refractivity contribution in [1.29, 1.82) is 0 Å². The summed E-state index contributed by atoms with van der Waals surface area (Å²) in [4.78, 5) is 21.6. The van der Waals surface area contributed by atoms with Crippen LogP contribution in [0.25, 0.3) is 6.08 Å². The van der Waals surface area contributed by atoms with Gasteiger partial charge >= 0.3 is 5.97 Å². The number of halogens is 1. The molecule has 0 heterocycles. The molecule has 0 N–H and O–H groups in total. The van der Waals surface area contributed by atoms with Crippen molar-refractivity contribution in [2.45, 2.75) is 0 Å². The van der Waals surface area contributed by atoms with E-state index in [2.05, 4.69) is 0 Å². The predicted molar refractivity (Wildman–Crippen MR) is 85.0 cm³/mol. The Morgan fingerprint density at radius 1 is 1.08 bits per heavy atom. The fraction of sp³-hybridized carbons (Fsp3) is 0.118. The molecule has 0 aliphatic rings. The number of carbonyl (C=O) groups is 1. The Kier molecular flexibility index (Phi) is 6.01. The van der Waals surface area contributed by atoms with Crippen LogP contribution in [0.4, 0.5) is 10.1 Å². The molecule has 2 aromatic carbocycles. The number of nitro groups is 1. The first-order chi connectivity index (χ1) is 11.5. The van der Waals surface area contributed by atoms with Crippen molar-refractivity contribution in [3.63, 3.8) is 0 Å². The van der Waals surface area contributed by atoms with Gasteiger partial charge < -0.3 is 9.47 Å². The summed E-state index contributed by atoms with van der Waals surface area (Å²) in [6.45, 7) is 0.184. The van der Waals surface area contributed by atoms with E-state index in [9.17, 15) is 19.3 Å². The number of hydrogen-bond acceptors (Lipinski definition) is 5. The SMILES string of the molecule is O=C(/C=C\c1ccc([N+](=O)[O-])cc1)OCCOc1ccc(F)cc1. The highest BCUT2D eigenvalue weighted by Crippen LogP contribution is 2.13. The van der Waals surface area contributed by atoms with E-state index in [1.54, 1.807) is 0 Å². The number of rotatable bonds is 7. The second kappa shape index (κ2) is 8.42. The predicted octanol–water partition coefficient (Wildman–Crippen LogP) is 3.37. The zero-order valence-corrected chi connectivity index (χ0v) is 12.6. The molecule has 2 rings (SSSR count). The van der Waals surface area contributed by atoms with Crippen LogP contribution in [0, 0.1) is 15.9 Å². The molecular formula is C17H14FNO5. The van der Waals surface area contributed by atoms with Gasteiger partial charge in [-0.3, -0.25) is 10.1 Å². The number of hydrogen-bond donors (Lipinski definition) is 0. The molecule has 0 radical (unpaired) electrons. The highest BCUT2D eigenvalue weighted by Gasteiger charge is 2.03. The van der Waals surface area contributed by atoms with Crippen molar-refractivity contribution in [2.24, 2.45) is 0 Å². The van der Waals surface area contributed by atoms with Crippen molar-refractivity contribution < 1.29 is 23.6 Å². The molecule has 2 aromatic rings. The summed E-state index contributed by atoms with van der Waals surface area (Å²) in [5.74, 6) is -0.435. The van der Waals surface area contributed by atoms with E-state index >= 15 is 0 Å². The molecule has 0 aromatic heterocycles. The number of non-ortho nitro benzene ring substituents is 1. The summed E-state index contributed by atoms with van der Waals surface area (Å²) < 4.78 is 22.9. The van der Waals surface area contributed by atoms with Gasteiger partial charge in [0.05, 0.1) is 4.92 Å². The van der Waals surface area contributed by atoms with Gasteiger partial charge in [-0.1, -0.05) is 0 Å². The van der Waals surface area contributed by atoms with Gasteiger partial charge in [0.1, 0.15) is 24.8 Å².